The molecule has 0 aliphatic heterocycles. The zero-order valence-corrected chi connectivity index (χ0v) is 10.9. The molecule has 0 heterocycles. The monoisotopic (exact) mass is 228 g/mol. The molecular formula is C13H28N2O. The van der Waals surface area contributed by atoms with Gasteiger partial charge in [-0.2, -0.15) is 0 Å². The number of nitrogens with two attached hydrogens (primary N) is 1. The Morgan fingerprint density at radius 2 is 2.00 bits per heavy atom. The molecule has 1 saturated carbocycles. The van der Waals surface area contributed by atoms with Crippen LogP contribution in [-0.4, -0.2) is 32.3 Å². The molecule has 2 atom stereocenters. The van der Waals surface area contributed by atoms with E-state index in [1.165, 1.54) is 38.5 Å². The number of nitrogens with one attached hydrogen (secondary N) is 1. The van der Waals surface area contributed by atoms with Gasteiger partial charge in [0.1, 0.15) is 0 Å². The van der Waals surface area contributed by atoms with Crippen LogP contribution in [0.2, 0.25) is 0 Å². The van der Waals surface area contributed by atoms with Crippen LogP contribution in [0.25, 0.3) is 0 Å². The van der Waals surface area contributed by atoms with Crippen molar-refractivity contribution in [1.82, 2.24) is 5.32 Å². The zero-order chi connectivity index (χ0) is 11.8. The highest BCUT2D eigenvalue weighted by molar-refractivity contribution is 4.76. The predicted molar refractivity (Wildman–Crippen MR) is 68.5 cm³/mol. The molecule has 0 radical (unpaired) electrons. The van der Waals surface area contributed by atoms with Crippen molar-refractivity contribution in [1.29, 1.82) is 0 Å². The molecule has 2 unspecified atom stereocenters. The fourth-order valence-corrected chi connectivity index (χ4v) is 2.50. The normalized spacial score (nSPS) is 21.9. The summed E-state index contributed by atoms with van der Waals surface area (Å²) in [5, 5.41) is 3.52. The number of rotatable bonds is 7. The predicted octanol–water partition coefficient (Wildman–Crippen LogP) is 1.91. The van der Waals surface area contributed by atoms with Gasteiger partial charge in [0.05, 0.1) is 6.10 Å². The molecule has 0 aromatic carbocycles. The number of methoxy groups -OCH3 is 1. The van der Waals surface area contributed by atoms with Crippen LogP contribution in [0.15, 0.2) is 0 Å². The quantitative estimate of drug-likeness (QED) is 0.700. The Hall–Kier alpha value is -0.120. The van der Waals surface area contributed by atoms with Crippen molar-refractivity contribution >= 4 is 0 Å². The molecule has 96 valence electrons. The molecule has 0 aromatic heterocycles. The molecule has 1 fully saturated rings. The molecule has 0 amide bonds. The lowest BCUT2D eigenvalue weighted by Crippen LogP contribution is -2.41. The molecule has 1 aliphatic carbocycles. The van der Waals surface area contributed by atoms with Crippen LogP contribution < -0.4 is 11.1 Å². The molecule has 0 spiro atoms. The SMILES string of the molecule is COC(C)CNC(CN)CC1CCCCC1. The Morgan fingerprint density at radius 1 is 1.31 bits per heavy atom. The second-order valence-electron chi connectivity index (χ2n) is 5.13. The van der Waals surface area contributed by atoms with Crippen molar-refractivity contribution in [2.75, 3.05) is 20.2 Å². The fraction of sp³-hybridized carbons (Fsp3) is 1.00. The first-order chi connectivity index (χ1) is 7.76. The van der Waals surface area contributed by atoms with E-state index in [-0.39, 0.29) is 6.10 Å². The Morgan fingerprint density at radius 3 is 2.56 bits per heavy atom. The van der Waals surface area contributed by atoms with Gasteiger partial charge in [-0.3, -0.25) is 0 Å². The second kappa shape index (κ2) is 8.04. The van der Waals surface area contributed by atoms with E-state index in [1.807, 2.05) is 0 Å². The highest BCUT2D eigenvalue weighted by atomic mass is 16.5. The molecule has 0 bridgehead atoms. The molecule has 1 rings (SSSR count). The van der Waals surface area contributed by atoms with Gasteiger partial charge in [-0.25, -0.2) is 0 Å². The summed E-state index contributed by atoms with van der Waals surface area (Å²) in [6.45, 7) is 3.74. The minimum atomic E-state index is 0.278. The summed E-state index contributed by atoms with van der Waals surface area (Å²) in [6, 6.07) is 0.473. The highest BCUT2D eigenvalue weighted by Crippen LogP contribution is 2.27. The molecule has 3 nitrogen and oxygen atoms in total. The van der Waals surface area contributed by atoms with E-state index in [9.17, 15) is 0 Å². The van der Waals surface area contributed by atoms with Crippen LogP contribution in [0.4, 0.5) is 0 Å². The van der Waals surface area contributed by atoms with Gasteiger partial charge in [0, 0.05) is 26.2 Å². The smallest absolute Gasteiger partial charge is 0.0667 e. The summed E-state index contributed by atoms with van der Waals surface area (Å²) >= 11 is 0. The highest BCUT2D eigenvalue weighted by Gasteiger charge is 2.18. The largest absolute Gasteiger partial charge is 0.380 e. The Bertz CT molecular complexity index is 169. The van der Waals surface area contributed by atoms with Crippen molar-refractivity contribution in [3.63, 3.8) is 0 Å². The van der Waals surface area contributed by atoms with Gasteiger partial charge < -0.3 is 15.8 Å². The summed E-state index contributed by atoms with van der Waals surface area (Å²) in [5.74, 6) is 0.896. The molecule has 1 aliphatic rings. The van der Waals surface area contributed by atoms with Crippen LogP contribution in [0.1, 0.15) is 45.4 Å². The van der Waals surface area contributed by atoms with Crippen molar-refractivity contribution in [2.24, 2.45) is 11.7 Å². The third-order valence-electron chi connectivity index (χ3n) is 3.72. The van der Waals surface area contributed by atoms with E-state index >= 15 is 0 Å². The van der Waals surface area contributed by atoms with Gasteiger partial charge in [-0.15, -0.1) is 0 Å². The fourth-order valence-electron chi connectivity index (χ4n) is 2.50. The van der Waals surface area contributed by atoms with Gasteiger partial charge in [0.2, 0.25) is 0 Å². The standard InChI is InChI=1S/C13H28N2O/c1-11(16-2)10-15-13(9-14)8-12-6-4-3-5-7-12/h11-13,15H,3-10,14H2,1-2H3. The van der Waals surface area contributed by atoms with Crippen LogP contribution in [0.3, 0.4) is 0 Å². The minimum absolute atomic E-state index is 0.278. The summed E-state index contributed by atoms with van der Waals surface area (Å²) < 4.78 is 5.23. The second-order valence-corrected chi connectivity index (χ2v) is 5.13. The number of hydrogen-bond donors (Lipinski definition) is 2. The van der Waals surface area contributed by atoms with Crippen molar-refractivity contribution in [3.8, 4) is 0 Å². The van der Waals surface area contributed by atoms with E-state index in [0.29, 0.717) is 6.04 Å². The first-order valence-corrected chi connectivity index (χ1v) is 6.72. The topological polar surface area (TPSA) is 47.3 Å². The third kappa shape index (κ3) is 5.28. The molecular weight excluding hydrogens is 200 g/mol. The number of hydrogen-bond acceptors (Lipinski definition) is 3. The van der Waals surface area contributed by atoms with Crippen molar-refractivity contribution < 1.29 is 4.74 Å². The van der Waals surface area contributed by atoms with Gasteiger partial charge in [0.25, 0.3) is 0 Å². The first kappa shape index (κ1) is 13.9. The van der Waals surface area contributed by atoms with Crippen molar-refractivity contribution in [3.05, 3.63) is 0 Å². The van der Waals surface area contributed by atoms with E-state index in [2.05, 4.69) is 12.2 Å². The molecule has 0 saturated heterocycles. The van der Waals surface area contributed by atoms with Crippen molar-refractivity contribution in [2.45, 2.75) is 57.6 Å². The molecule has 16 heavy (non-hydrogen) atoms. The van der Waals surface area contributed by atoms with Crippen LogP contribution >= 0.6 is 0 Å². The van der Waals surface area contributed by atoms with E-state index < -0.39 is 0 Å². The lowest BCUT2D eigenvalue weighted by molar-refractivity contribution is 0.113. The Balaban J connectivity index is 2.19. The van der Waals surface area contributed by atoms with E-state index in [4.69, 9.17) is 10.5 Å². The maximum absolute atomic E-state index is 5.81. The lowest BCUT2D eigenvalue weighted by atomic mass is 9.85. The Kier molecular flexibility index (Phi) is 7.01. The van der Waals surface area contributed by atoms with Gasteiger partial charge in [0.15, 0.2) is 0 Å². The van der Waals surface area contributed by atoms with Gasteiger partial charge in [-0.05, 0) is 19.3 Å². The van der Waals surface area contributed by atoms with Gasteiger partial charge in [-0.1, -0.05) is 32.1 Å². The molecule has 3 heteroatoms. The average Bonchev–Trinajstić information content (AvgIpc) is 2.35. The van der Waals surface area contributed by atoms with E-state index in [1.54, 1.807) is 7.11 Å². The summed E-state index contributed by atoms with van der Waals surface area (Å²) in [4.78, 5) is 0. The minimum Gasteiger partial charge on any atom is -0.380 e. The average molecular weight is 228 g/mol. The maximum atomic E-state index is 5.81. The van der Waals surface area contributed by atoms with E-state index in [0.717, 1.165) is 19.0 Å². The summed E-state index contributed by atoms with van der Waals surface area (Å²) in [7, 11) is 1.75. The van der Waals surface area contributed by atoms with Crippen LogP contribution in [0.5, 0.6) is 0 Å². The molecule has 0 aromatic rings. The lowest BCUT2D eigenvalue weighted by Gasteiger charge is -2.27. The molecule has 3 N–H and O–H groups in total. The van der Waals surface area contributed by atoms with Crippen LogP contribution in [-0.2, 0) is 4.74 Å². The van der Waals surface area contributed by atoms with Crippen LogP contribution in [0, 0.1) is 5.92 Å². The number of ether oxygens (including phenoxy) is 1. The zero-order valence-electron chi connectivity index (χ0n) is 10.9. The maximum Gasteiger partial charge on any atom is 0.0667 e. The third-order valence-corrected chi connectivity index (χ3v) is 3.72. The van der Waals surface area contributed by atoms with Gasteiger partial charge >= 0.3 is 0 Å². The summed E-state index contributed by atoms with van der Waals surface area (Å²) in [5.41, 5.74) is 5.81. The summed E-state index contributed by atoms with van der Waals surface area (Å²) in [6.07, 6.45) is 8.58. The Labute approximate surface area is 100 Å². The first-order valence-electron chi connectivity index (χ1n) is 6.72.